The number of nitrogens with zero attached hydrogens (tertiary/aromatic N) is 1. The van der Waals surface area contributed by atoms with Crippen molar-refractivity contribution in [3.05, 3.63) is 94.7 Å². The predicted molar refractivity (Wildman–Crippen MR) is 150 cm³/mol. The van der Waals surface area contributed by atoms with Gasteiger partial charge in [-0.05, 0) is 66.0 Å². The van der Waals surface area contributed by atoms with Crippen molar-refractivity contribution in [3.8, 4) is 22.3 Å². The van der Waals surface area contributed by atoms with Crippen molar-refractivity contribution < 1.29 is 15.3 Å². The Morgan fingerprint density at radius 3 is 2.49 bits per heavy atom. The molecule has 6 rings (SSSR count). The molecule has 0 bridgehead atoms. The lowest BCUT2D eigenvalue weighted by molar-refractivity contribution is 0.0827. The summed E-state index contributed by atoms with van der Waals surface area (Å²) >= 11 is 0. The molecule has 2 unspecified atom stereocenters. The van der Waals surface area contributed by atoms with Crippen LogP contribution in [0.2, 0.25) is 0 Å². The summed E-state index contributed by atoms with van der Waals surface area (Å²) in [5.41, 5.74) is 12.0. The van der Waals surface area contributed by atoms with Crippen molar-refractivity contribution in [1.29, 1.82) is 0 Å². The van der Waals surface area contributed by atoms with E-state index < -0.39 is 12.2 Å². The zero-order valence-corrected chi connectivity index (χ0v) is 21.2. The van der Waals surface area contributed by atoms with Crippen LogP contribution in [0.3, 0.4) is 0 Å². The van der Waals surface area contributed by atoms with Crippen molar-refractivity contribution in [1.82, 2.24) is 4.98 Å². The average Bonchev–Trinajstić information content (AvgIpc) is 3.66. The van der Waals surface area contributed by atoms with E-state index in [1.54, 1.807) is 6.08 Å². The normalized spacial score (nSPS) is 16.2. The Balaban J connectivity index is 1.59. The molecule has 1 fully saturated rings. The second kappa shape index (κ2) is 9.86. The van der Waals surface area contributed by atoms with E-state index in [-0.39, 0.29) is 19.4 Å². The number of aliphatic hydroxyl groups is 3. The summed E-state index contributed by atoms with van der Waals surface area (Å²) in [6.07, 6.45) is 5.89. The molecule has 2 atom stereocenters. The van der Waals surface area contributed by atoms with Gasteiger partial charge in [0.25, 0.3) is 0 Å². The van der Waals surface area contributed by atoms with Gasteiger partial charge in [-0.1, -0.05) is 72.8 Å². The largest absolute Gasteiger partial charge is 0.396 e. The predicted octanol–water partition coefficient (Wildman–Crippen LogP) is 6.17. The van der Waals surface area contributed by atoms with Crippen LogP contribution in [0.1, 0.15) is 59.5 Å². The van der Waals surface area contributed by atoms with Gasteiger partial charge in [-0.15, -0.1) is 0 Å². The number of hydrogen-bond acceptors (Lipinski definition) is 4. The first kappa shape index (κ1) is 24.1. The molecule has 0 spiro atoms. The molecule has 2 aliphatic carbocycles. The third kappa shape index (κ3) is 4.50. The highest BCUT2D eigenvalue weighted by Gasteiger charge is 2.31. The molecule has 1 saturated carbocycles. The minimum absolute atomic E-state index is 0.0951. The van der Waals surface area contributed by atoms with Crippen LogP contribution >= 0.6 is 0 Å². The zero-order valence-electron chi connectivity index (χ0n) is 21.2. The SMILES string of the molecule is Cc1cccc2c(-c3cccc4c3-c3ccccc3C4)c(/C=C/C(O)CC(O)CCO)c(C3CC3)nc12. The first-order valence-electron chi connectivity index (χ1n) is 13.3. The Kier molecular flexibility index (Phi) is 6.41. The summed E-state index contributed by atoms with van der Waals surface area (Å²) in [4.78, 5) is 5.21. The molecule has 0 saturated heterocycles. The van der Waals surface area contributed by atoms with Gasteiger partial charge >= 0.3 is 0 Å². The molecule has 3 aromatic carbocycles. The van der Waals surface area contributed by atoms with Crippen LogP contribution in [0.25, 0.3) is 39.2 Å². The number of aryl methyl sites for hydroxylation is 1. The molecule has 4 aromatic rings. The van der Waals surface area contributed by atoms with Crippen molar-refractivity contribution in [2.45, 2.75) is 57.2 Å². The molecule has 4 heteroatoms. The highest BCUT2D eigenvalue weighted by Crippen LogP contribution is 2.49. The monoisotopic (exact) mass is 491 g/mol. The van der Waals surface area contributed by atoms with Crippen LogP contribution in [0.15, 0.2) is 66.7 Å². The van der Waals surface area contributed by atoms with Crippen molar-refractivity contribution >= 4 is 17.0 Å². The molecular weight excluding hydrogens is 458 g/mol. The van der Waals surface area contributed by atoms with Crippen LogP contribution in [-0.4, -0.2) is 39.1 Å². The highest BCUT2D eigenvalue weighted by atomic mass is 16.3. The number of benzene rings is 3. The summed E-state index contributed by atoms with van der Waals surface area (Å²) < 4.78 is 0. The minimum atomic E-state index is -0.808. The fourth-order valence-corrected chi connectivity index (χ4v) is 5.82. The maximum atomic E-state index is 10.7. The lowest BCUT2D eigenvalue weighted by Crippen LogP contribution is -2.17. The smallest absolute Gasteiger partial charge is 0.0748 e. The Labute approximate surface area is 218 Å². The maximum absolute atomic E-state index is 10.7. The van der Waals surface area contributed by atoms with Gasteiger partial charge in [0.15, 0.2) is 0 Å². The summed E-state index contributed by atoms with van der Waals surface area (Å²) in [7, 11) is 0. The van der Waals surface area contributed by atoms with E-state index in [0.717, 1.165) is 47.0 Å². The average molecular weight is 492 g/mol. The highest BCUT2D eigenvalue weighted by molar-refractivity contribution is 6.05. The molecule has 188 valence electrons. The number of para-hydroxylation sites is 1. The number of aromatic nitrogens is 1. The molecule has 0 amide bonds. The standard InChI is InChI=1S/C33H33NO3/c1-20-6-4-11-28-31(27-10-5-8-23-18-22-7-2-3-9-26(22)30(23)27)29(33(21-12-13-21)34-32(20)28)15-14-24(36)19-25(37)16-17-35/h2-11,14-15,21,24-25,35-37H,12-13,16-19H2,1H3/b15-14+. The number of pyridine rings is 1. The van der Waals surface area contributed by atoms with Gasteiger partial charge < -0.3 is 15.3 Å². The lowest BCUT2D eigenvalue weighted by Gasteiger charge is -2.20. The Hall–Kier alpha value is -3.31. The number of aliphatic hydroxyl groups excluding tert-OH is 3. The third-order valence-electron chi connectivity index (χ3n) is 7.80. The minimum Gasteiger partial charge on any atom is -0.396 e. The zero-order chi connectivity index (χ0) is 25.5. The van der Waals surface area contributed by atoms with Gasteiger partial charge in [0.1, 0.15) is 0 Å². The fraction of sp³-hybridized carbons (Fsp3) is 0.303. The van der Waals surface area contributed by atoms with Crippen molar-refractivity contribution in [2.24, 2.45) is 0 Å². The van der Waals surface area contributed by atoms with Crippen LogP contribution in [-0.2, 0) is 6.42 Å². The molecule has 1 aromatic heterocycles. The maximum Gasteiger partial charge on any atom is 0.0748 e. The number of hydrogen-bond donors (Lipinski definition) is 3. The molecule has 4 nitrogen and oxygen atoms in total. The van der Waals surface area contributed by atoms with E-state index in [2.05, 4.69) is 67.6 Å². The first-order chi connectivity index (χ1) is 18.0. The summed E-state index contributed by atoms with van der Waals surface area (Å²) in [5.74, 6) is 0.420. The van der Waals surface area contributed by atoms with Crippen LogP contribution in [0.4, 0.5) is 0 Å². The summed E-state index contributed by atoms with van der Waals surface area (Å²) in [6.45, 7) is 2.03. The molecule has 0 aliphatic heterocycles. The Bertz CT molecular complexity index is 1500. The van der Waals surface area contributed by atoms with Gasteiger partial charge in [-0.25, -0.2) is 0 Å². The molecule has 3 N–H and O–H groups in total. The van der Waals surface area contributed by atoms with Crippen molar-refractivity contribution in [2.75, 3.05) is 6.61 Å². The topological polar surface area (TPSA) is 73.6 Å². The second-order valence-corrected chi connectivity index (χ2v) is 10.5. The van der Waals surface area contributed by atoms with Gasteiger partial charge in [0, 0.05) is 35.5 Å². The van der Waals surface area contributed by atoms with Gasteiger partial charge in [0.05, 0.1) is 23.4 Å². The fourth-order valence-electron chi connectivity index (χ4n) is 5.82. The van der Waals surface area contributed by atoms with Crippen LogP contribution in [0, 0.1) is 6.92 Å². The van der Waals surface area contributed by atoms with Gasteiger partial charge in [0.2, 0.25) is 0 Å². The molecular formula is C33H33NO3. The van der Waals surface area contributed by atoms with Crippen LogP contribution in [0.5, 0.6) is 0 Å². The Morgan fingerprint density at radius 2 is 1.68 bits per heavy atom. The van der Waals surface area contributed by atoms with Crippen molar-refractivity contribution in [3.63, 3.8) is 0 Å². The third-order valence-corrected chi connectivity index (χ3v) is 7.80. The quantitative estimate of drug-likeness (QED) is 0.243. The van der Waals surface area contributed by atoms with Gasteiger partial charge in [-0.3, -0.25) is 4.98 Å². The van der Waals surface area contributed by atoms with E-state index in [9.17, 15) is 10.2 Å². The molecule has 0 radical (unpaired) electrons. The first-order valence-corrected chi connectivity index (χ1v) is 13.3. The van der Waals surface area contributed by atoms with E-state index in [1.165, 1.54) is 33.4 Å². The number of rotatable bonds is 8. The van der Waals surface area contributed by atoms with E-state index in [1.807, 2.05) is 6.08 Å². The summed E-state index contributed by atoms with van der Waals surface area (Å²) in [5, 5.41) is 31.1. The van der Waals surface area contributed by atoms with E-state index in [4.69, 9.17) is 10.1 Å². The van der Waals surface area contributed by atoms with E-state index >= 15 is 0 Å². The van der Waals surface area contributed by atoms with Gasteiger partial charge in [-0.2, -0.15) is 0 Å². The summed E-state index contributed by atoms with van der Waals surface area (Å²) in [6, 6.07) is 21.7. The number of fused-ring (bicyclic) bond motifs is 4. The van der Waals surface area contributed by atoms with Crippen LogP contribution < -0.4 is 0 Å². The lowest BCUT2D eigenvalue weighted by atomic mass is 9.87. The molecule has 2 aliphatic rings. The molecule has 37 heavy (non-hydrogen) atoms. The second-order valence-electron chi connectivity index (χ2n) is 10.5. The molecule has 1 heterocycles. The van der Waals surface area contributed by atoms with E-state index in [0.29, 0.717) is 5.92 Å². The Morgan fingerprint density at radius 1 is 0.919 bits per heavy atom.